The molecule has 0 spiro atoms. The zero-order valence-corrected chi connectivity index (χ0v) is 15.7. The fourth-order valence-corrected chi connectivity index (χ4v) is 3.53. The molecular weight excluding hydrogens is 372 g/mol. The smallest absolute Gasteiger partial charge is 0.249 e. The number of thiazole rings is 1. The molecule has 26 heavy (non-hydrogen) atoms. The van der Waals surface area contributed by atoms with Crippen LogP contribution < -0.4 is 10.1 Å². The molecule has 0 fully saturated rings. The van der Waals surface area contributed by atoms with E-state index in [-0.39, 0.29) is 0 Å². The zero-order chi connectivity index (χ0) is 18.1. The summed E-state index contributed by atoms with van der Waals surface area (Å²) in [5, 5.41) is 10.1. The molecule has 0 aliphatic heterocycles. The fraction of sp³-hybridized carbons (Fsp3) is 0.176. The van der Waals surface area contributed by atoms with Crippen molar-refractivity contribution in [3.63, 3.8) is 0 Å². The van der Waals surface area contributed by atoms with Crippen LogP contribution >= 0.6 is 22.9 Å². The highest BCUT2D eigenvalue weighted by atomic mass is 35.5. The van der Waals surface area contributed by atoms with Gasteiger partial charge in [0.25, 0.3) is 0 Å². The van der Waals surface area contributed by atoms with E-state index in [2.05, 4.69) is 25.4 Å². The Bertz CT molecular complexity index is 1060. The van der Waals surface area contributed by atoms with E-state index in [1.807, 2.05) is 36.6 Å². The van der Waals surface area contributed by atoms with Gasteiger partial charge in [0.15, 0.2) is 0 Å². The lowest BCUT2D eigenvalue weighted by Gasteiger charge is -2.04. The molecule has 1 aromatic carbocycles. The molecular formula is C17H15ClN6OS. The maximum absolute atomic E-state index is 6.04. The van der Waals surface area contributed by atoms with Gasteiger partial charge in [0.2, 0.25) is 10.9 Å². The van der Waals surface area contributed by atoms with Crippen LogP contribution in [-0.2, 0) is 6.42 Å². The third-order valence-corrected chi connectivity index (χ3v) is 4.77. The van der Waals surface area contributed by atoms with Gasteiger partial charge in [-0.1, -0.05) is 18.5 Å². The average molecular weight is 387 g/mol. The Morgan fingerprint density at radius 3 is 2.73 bits per heavy atom. The largest absolute Gasteiger partial charge is 0.497 e. The van der Waals surface area contributed by atoms with Crippen molar-refractivity contribution < 1.29 is 4.74 Å². The lowest BCUT2D eigenvalue weighted by molar-refractivity contribution is 0.415. The number of halogens is 1. The van der Waals surface area contributed by atoms with Crippen LogP contribution in [0.3, 0.4) is 0 Å². The maximum atomic E-state index is 6.04. The molecule has 1 N–H and O–H groups in total. The molecule has 0 saturated carbocycles. The Morgan fingerprint density at radius 1 is 1.19 bits per heavy atom. The summed E-state index contributed by atoms with van der Waals surface area (Å²) >= 11 is 7.56. The van der Waals surface area contributed by atoms with Crippen LogP contribution in [0.2, 0.25) is 5.15 Å². The van der Waals surface area contributed by atoms with E-state index in [0.29, 0.717) is 29.2 Å². The second kappa shape index (κ2) is 6.89. The molecule has 4 rings (SSSR count). The Balaban J connectivity index is 1.66. The van der Waals surface area contributed by atoms with Gasteiger partial charge in [-0.05, 0) is 24.3 Å². The molecule has 3 heterocycles. The number of fused-ring (bicyclic) bond motifs is 1. The fourth-order valence-electron chi connectivity index (χ4n) is 2.50. The number of benzene rings is 1. The zero-order valence-electron chi connectivity index (χ0n) is 14.1. The first kappa shape index (κ1) is 16.7. The van der Waals surface area contributed by atoms with Crippen LogP contribution in [0.15, 0.2) is 35.7 Å². The van der Waals surface area contributed by atoms with Gasteiger partial charge in [-0.15, -0.1) is 16.4 Å². The van der Waals surface area contributed by atoms with E-state index >= 15 is 0 Å². The number of nitrogens with zero attached hydrogens (tertiary/aromatic N) is 5. The normalized spacial score (nSPS) is 11.0. The Morgan fingerprint density at radius 2 is 2.00 bits per heavy atom. The lowest BCUT2D eigenvalue weighted by atomic mass is 10.2. The van der Waals surface area contributed by atoms with Crippen molar-refractivity contribution in [2.75, 3.05) is 12.4 Å². The van der Waals surface area contributed by atoms with Crippen molar-refractivity contribution in [2.24, 2.45) is 0 Å². The minimum atomic E-state index is 0.388. The molecule has 0 radical (unpaired) electrons. The number of aryl methyl sites for hydroxylation is 1. The van der Waals surface area contributed by atoms with Crippen molar-refractivity contribution >= 4 is 39.7 Å². The molecule has 132 valence electrons. The Labute approximate surface area is 158 Å². The van der Waals surface area contributed by atoms with E-state index in [0.717, 1.165) is 22.0 Å². The van der Waals surface area contributed by atoms with Crippen LogP contribution in [0, 0.1) is 0 Å². The molecule has 0 saturated heterocycles. The first-order chi connectivity index (χ1) is 12.7. The van der Waals surface area contributed by atoms with Crippen molar-refractivity contribution in [3.8, 4) is 17.0 Å². The second-order valence-corrected chi connectivity index (χ2v) is 6.67. The topological polar surface area (TPSA) is 77.2 Å². The van der Waals surface area contributed by atoms with Gasteiger partial charge >= 0.3 is 0 Å². The number of nitrogens with one attached hydrogen (secondary N) is 1. The van der Waals surface area contributed by atoms with E-state index in [9.17, 15) is 0 Å². The molecule has 0 atom stereocenters. The molecule has 0 unspecified atom stereocenters. The van der Waals surface area contributed by atoms with Crippen molar-refractivity contribution in [1.82, 2.24) is 24.6 Å². The van der Waals surface area contributed by atoms with Crippen LogP contribution in [0.5, 0.6) is 5.75 Å². The van der Waals surface area contributed by atoms with Crippen LogP contribution in [0.1, 0.15) is 12.7 Å². The SMILES string of the molecule is CCc1nc(Cl)cc(Nc2nc3scc(-c4ccc(OC)cc4)n3n2)n1. The van der Waals surface area contributed by atoms with E-state index in [1.54, 1.807) is 17.7 Å². The summed E-state index contributed by atoms with van der Waals surface area (Å²) in [5.74, 6) is 2.52. The third-order valence-electron chi connectivity index (χ3n) is 3.76. The number of hydrogen-bond acceptors (Lipinski definition) is 7. The monoisotopic (exact) mass is 386 g/mol. The van der Waals surface area contributed by atoms with E-state index < -0.39 is 0 Å². The van der Waals surface area contributed by atoms with Gasteiger partial charge in [0.05, 0.1) is 12.8 Å². The van der Waals surface area contributed by atoms with Gasteiger partial charge in [0, 0.05) is 23.4 Å². The standard InChI is InChI=1S/C17H15ClN6OS/c1-3-14-19-13(18)8-15(20-14)21-16-22-17-24(23-16)12(9-26-17)10-4-6-11(25-2)7-5-10/h4-9H,3H2,1-2H3,(H,19,20,21,23). The number of anilines is 2. The molecule has 3 aromatic heterocycles. The minimum absolute atomic E-state index is 0.388. The summed E-state index contributed by atoms with van der Waals surface area (Å²) < 4.78 is 7.01. The molecule has 0 aliphatic rings. The highest BCUT2D eigenvalue weighted by Crippen LogP contribution is 2.28. The summed E-state index contributed by atoms with van der Waals surface area (Å²) in [7, 11) is 1.65. The van der Waals surface area contributed by atoms with Crippen LogP contribution in [0.4, 0.5) is 11.8 Å². The molecule has 9 heteroatoms. The molecule has 7 nitrogen and oxygen atoms in total. The maximum Gasteiger partial charge on any atom is 0.249 e. The van der Waals surface area contributed by atoms with Crippen molar-refractivity contribution in [2.45, 2.75) is 13.3 Å². The number of methoxy groups -OCH3 is 1. The quantitative estimate of drug-likeness (QED) is 0.517. The third kappa shape index (κ3) is 3.21. The van der Waals surface area contributed by atoms with Crippen molar-refractivity contribution in [1.29, 1.82) is 0 Å². The summed E-state index contributed by atoms with van der Waals surface area (Å²) in [5.41, 5.74) is 2.00. The average Bonchev–Trinajstić information content (AvgIpc) is 3.21. The predicted octanol–water partition coefficient (Wildman–Crippen LogP) is 4.22. The van der Waals surface area contributed by atoms with Crippen LogP contribution in [-0.4, -0.2) is 31.7 Å². The van der Waals surface area contributed by atoms with Gasteiger partial charge in [0.1, 0.15) is 22.5 Å². The molecule has 4 aromatic rings. The highest BCUT2D eigenvalue weighted by molar-refractivity contribution is 7.15. The Hall–Kier alpha value is -2.71. The highest BCUT2D eigenvalue weighted by Gasteiger charge is 2.13. The van der Waals surface area contributed by atoms with E-state index in [4.69, 9.17) is 16.3 Å². The number of rotatable bonds is 5. The second-order valence-electron chi connectivity index (χ2n) is 5.45. The van der Waals surface area contributed by atoms with Crippen LogP contribution in [0.25, 0.3) is 16.2 Å². The number of hydrogen-bond donors (Lipinski definition) is 1. The summed E-state index contributed by atoms with van der Waals surface area (Å²) in [6.07, 6.45) is 0.697. The van der Waals surface area contributed by atoms with E-state index in [1.165, 1.54) is 11.3 Å². The molecule has 0 bridgehead atoms. The predicted molar refractivity (Wildman–Crippen MR) is 103 cm³/mol. The van der Waals surface area contributed by atoms with Gasteiger partial charge < -0.3 is 10.1 Å². The minimum Gasteiger partial charge on any atom is -0.497 e. The number of aromatic nitrogens is 5. The summed E-state index contributed by atoms with van der Waals surface area (Å²) in [6.45, 7) is 1.97. The molecule has 0 amide bonds. The Kier molecular flexibility index (Phi) is 4.44. The summed E-state index contributed by atoms with van der Waals surface area (Å²) in [6, 6.07) is 9.48. The van der Waals surface area contributed by atoms with Gasteiger partial charge in [-0.3, -0.25) is 0 Å². The molecule has 0 aliphatic carbocycles. The lowest BCUT2D eigenvalue weighted by Crippen LogP contribution is -2.01. The van der Waals surface area contributed by atoms with Crippen molar-refractivity contribution in [3.05, 3.63) is 46.7 Å². The first-order valence-electron chi connectivity index (χ1n) is 7.95. The summed E-state index contributed by atoms with van der Waals surface area (Å²) in [4.78, 5) is 13.8. The van der Waals surface area contributed by atoms with Gasteiger partial charge in [-0.2, -0.15) is 4.98 Å². The first-order valence-corrected chi connectivity index (χ1v) is 9.21. The number of ether oxygens (including phenoxy) is 1. The van der Waals surface area contributed by atoms with Gasteiger partial charge in [-0.25, -0.2) is 14.5 Å².